The fraction of sp³-hybridized carbons (Fsp3) is 0.158. The highest BCUT2D eigenvalue weighted by Crippen LogP contribution is 2.41. The van der Waals surface area contributed by atoms with Gasteiger partial charge in [0.1, 0.15) is 5.75 Å². The molecular weight excluding hydrogens is 306 g/mol. The summed E-state index contributed by atoms with van der Waals surface area (Å²) in [5, 5.41) is 10.2. The van der Waals surface area contributed by atoms with Crippen molar-refractivity contribution in [3.05, 3.63) is 71.5 Å². The van der Waals surface area contributed by atoms with E-state index in [-0.39, 0.29) is 11.4 Å². The SMILES string of the molecule is COc1ccc(N2C(=O)C(O)=C(C(C)=O)C2c2ccccc2)cc1. The molecule has 0 aliphatic carbocycles. The number of anilines is 1. The van der Waals surface area contributed by atoms with Gasteiger partial charge in [-0.15, -0.1) is 0 Å². The van der Waals surface area contributed by atoms with Crippen molar-refractivity contribution in [1.82, 2.24) is 0 Å². The summed E-state index contributed by atoms with van der Waals surface area (Å²) in [5.74, 6) is -0.747. The van der Waals surface area contributed by atoms with Crippen molar-refractivity contribution in [2.24, 2.45) is 0 Å². The minimum Gasteiger partial charge on any atom is -0.503 e. The van der Waals surface area contributed by atoms with Crippen LogP contribution < -0.4 is 9.64 Å². The lowest BCUT2D eigenvalue weighted by molar-refractivity contribution is -0.117. The number of aliphatic hydroxyl groups is 1. The molecule has 1 unspecified atom stereocenters. The fourth-order valence-electron chi connectivity index (χ4n) is 2.92. The smallest absolute Gasteiger partial charge is 0.294 e. The molecule has 5 heteroatoms. The second kappa shape index (κ2) is 6.20. The number of rotatable bonds is 4. The molecule has 1 N–H and O–H groups in total. The molecule has 0 saturated heterocycles. The minimum atomic E-state index is -0.649. The van der Waals surface area contributed by atoms with Crippen LogP contribution in [0.15, 0.2) is 65.9 Å². The fourth-order valence-corrected chi connectivity index (χ4v) is 2.92. The molecule has 0 fully saturated rings. The van der Waals surface area contributed by atoms with Gasteiger partial charge in [0, 0.05) is 5.69 Å². The second-order valence-electron chi connectivity index (χ2n) is 5.50. The molecule has 2 aromatic rings. The van der Waals surface area contributed by atoms with Crippen molar-refractivity contribution >= 4 is 17.4 Å². The van der Waals surface area contributed by atoms with Crippen LogP contribution in [-0.4, -0.2) is 23.9 Å². The van der Waals surface area contributed by atoms with E-state index < -0.39 is 17.7 Å². The van der Waals surface area contributed by atoms with Crippen LogP contribution in [0.1, 0.15) is 18.5 Å². The average Bonchev–Trinajstić information content (AvgIpc) is 2.87. The molecule has 2 aromatic carbocycles. The molecular formula is C19H17NO4. The summed E-state index contributed by atoms with van der Waals surface area (Å²) in [7, 11) is 1.56. The summed E-state index contributed by atoms with van der Waals surface area (Å²) in [4.78, 5) is 26.1. The number of nitrogens with zero attached hydrogens (tertiary/aromatic N) is 1. The van der Waals surface area contributed by atoms with Crippen LogP contribution in [0.4, 0.5) is 5.69 Å². The predicted molar refractivity (Wildman–Crippen MR) is 90.0 cm³/mol. The normalized spacial score (nSPS) is 17.3. The highest BCUT2D eigenvalue weighted by Gasteiger charge is 2.43. The third kappa shape index (κ3) is 2.54. The van der Waals surface area contributed by atoms with Crippen molar-refractivity contribution in [3.8, 4) is 5.75 Å². The molecule has 1 aliphatic rings. The Balaban J connectivity index is 2.13. The van der Waals surface area contributed by atoms with E-state index in [1.165, 1.54) is 11.8 Å². The molecule has 122 valence electrons. The van der Waals surface area contributed by atoms with E-state index in [1.807, 2.05) is 30.3 Å². The van der Waals surface area contributed by atoms with E-state index in [4.69, 9.17) is 4.74 Å². The van der Waals surface area contributed by atoms with Gasteiger partial charge in [-0.3, -0.25) is 14.5 Å². The number of Topliss-reactive ketones (excluding diaryl/α,β-unsaturated/α-hetero) is 1. The van der Waals surface area contributed by atoms with E-state index in [0.29, 0.717) is 11.4 Å². The Morgan fingerprint density at radius 1 is 1.08 bits per heavy atom. The van der Waals surface area contributed by atoms with Crippen molar-refractivity contribution in [2.75, 3.05) is 12.0 Å². The summed E-state index contributed by atoms with van der Waals surface area (Å²) < 4.78 is 5.13. The molecule has 1 atom stereocenters. The topological polar surface area (TPSA) is 66.8 Å². The van der Waals surface area contributed by atoms with Gasteiger partial charge in [-0.1, -0.05) is 30.3 Å². The van der Waals surface area contributed by atoms with Gasteiger partial charge in [-0.25, -0.2) is 0 Å². The van der Waals surface area contributed by atoms with Gasteiger partial charge in [0.15, 0.2) is 11.5 Å². The summed E-state index contributed by atoms with van der Waals surface area (Å²) in [5.41, 5.74) is 1.45. The number of hydrogen-bond acceptors (Lipinski definition) is 4. The van der Waals surface area contributed by atoms with Crippen LogP contribution in [0.25, 0.3) is 0 Å². The maximum absolute atomic E-state index is 12.6. The van der Waals surface area contributed by atoms with Gasteiger partial charge in [0.2, 0.25) is 0 Å². The first kappa shape index (κ1) is 15.8. The molecule has 0 aromatic heterocycles. The summed E-state index contributed by atoms with van der Waals surface area (Å²) in [6.45, 7) is 1.35. The standard InChI is InChI=1S/C19H17NO4/c1-12(21)16-17(13-6-4-3-5-7-13)20(19(23)18(16)22)14-8-10-15(24-2)11-9-14/h3-11,17,22H,1-2H3. The number of ketones is 1. The lowest BCUT2D eigenvalue weighted by Crippen LogP contribution is -2.30. The molecule has 1 amide bonds. The molecule has 0 radical (unpaired) electrons. The lowest BCUT2D eigenvalue weighted by atomic mass is 9.96. The number of methoxy groups -OCH3 is 1. The third-order valence-electron chi connectivity index (χ3n) is 4.05. The predicted octanol–water partition coefficient (Wildman–Crippen LogP) is 3.18. The van der Waals surface area contributed by atoms with Crippen LogP contribution in [0.2, 0.25) is 0 Å². The van der Waals surface area contributed by atoms with Crippen molar-refractivity contribution in [3.63, 3.8) is 0 Å². The highest BCUT2D eigenvalue weighted by molar-refractivity contribution is 6.16. The Bertz CT molecular complexity index is 809. The van der Waals surface area contributed by atoms with Gasteiger partial charge in [-0.2, -0.15) is 0 Å². The van der Waals surface area contributed by atoms with E-state index >= 15 is 0 Å². The second-order valence-corrected chi connectivity index (χ2v) is 5.50. The van der Waals surface area contributed by atoms with Crippen LogP contribution in [0.5, 0.6) is 5.75 Å². The summed E-state index contributed by atoms with van der Waals surface area (Å²) in [6, 6.07) is 15.4. The Kier molecular flexibility index (Phi) is 4.08. The molecule has 0 spiro atoms. The number of aliphatic hydroxyl groups excluding tert-OH is 1. The Labute approximate surface area is 139 Å². The van der Waals surface area contributed by atoms with E-state index in [1.54, 1.807) is 31.4 Å². The minimum absolute atomic E-state index is 0.113. The molecule has 24 heavy (non-hydrogen) atoms. The third-order valence-corrected chi connectivity index (χ3v) is 4.05. The van der Waals surface area contributed by atoms with Crippen LogP contribution >= 0.6 is 0 Å². The zero-order chi connectivity index (χ0) is 17.3. The van der Waals surface area contributed by atoms with Gasteiger partial charge < -0.3 is 9.84 Å². The Morgan fingerprint density at radius 3 is 2.25 bits per heavy atom. The van der Waals surface area contributed by atoms with Gasteiger partial charge in [0.25, 0.3) is 5.91 Å². The van der Waals surface area contributed by atoms with E-state index in [9.17, 15) is 14.7 Å². The first-order valence-electron chi connectivity index (χ1n) is 7.51. The molecule has 1 heterocycles. The van der Waals surface area contributed by atoms with Crippen molar-refractivity contribution in [1.29, 1.82) is 0 Å². The molecule has 3 rings (SSSR count). The number of hydrogen-bond donors (Lipinski definition) is 1. The highest BCUT2D eigenvalue weighted by atomic mass is 16.5. The quantitative estimate of drug-likeness (QED) is 0.938. The number of carbonyl (C=O) groups is 2. The number of ether oxygens (including phenoxy) is 1. The molecule has 1 aliphatic heterocycles. The van der Waals surface area contributed by atoms with Gasteiger partial charge >= 0.3 is 0 Å². The number of carbonyl (C=O) groups excluding carboxylic acids is 2. The largest absolute Gasteiger partial charge is 0.503 e. The first-order valence-corrected chi connectivity index (χ1v) is 7.51. The zero-order valence-electron chi connectivity index (χ0n) is 13.4. The Hall–Kier alpha value is -3.08. The van der Waals surface area contributed by atoms with Crippen LogP contribution in [0, 0.1) is 0 Å². The van der Waals surface area contributed by atoms with Gasteiger partial charge in [0.05, 0.1) is 18.7 Å². The lowest BCUT2D eigenvalue weighted by Gasteiger charge is -2.26. The Morgan fingerprint density at radius 2 is 1.71 bits per heavy atom. The maximum Gasteiger partial charge on any atom is 0.294 e. The molecule has 5 nitrogen and oxygen atoms in total. The summed E-state index contributed by atoms with van der Waals surface area (Å²) in [6.07, 6.45) is 0. The van der Waals surface area contributed by atoms with Crippen LogP contribution in [-0.2, 0) is 9.59 Å². The molecule has 0 bridgehead atoms. The average molecular weight is 323 g/mol. The van der Waals surface area contributed by atoms with Crippen molar-refractivity contribution < 1.29 is 19.4 Å². The number of benzene rings is 2. The van der Waals surface area contributed by atoms with E-state index in [0.717, 1.165) is 5.56 Å². The zero-order valence-corrected chi connectivity index (χ0v) is 13.4. The molecule has 0 saturated carbocycles. The van der Waals surface area contributed by atoms with E-state index in [2.05, 4.69) is 0 Å². The van der Waals surface area contributed by atoms with Crippen molar-refractivity contribution in [2.45, 2.75) is 13.0 Å². The van der Waals surface area contributed by atoms with Gasteiger partial charge in [-0.05, 0) is 36.8 Å². The monoisotopic (exact) mass is 323 g/mol. The summed E-state index contributed by atoms with van der Waals surface area (Å²) >= 11 is 0. The van der Waals surface area contributed by atoms with Crippen LogP contribution in [0.3, 0.4) is 0 Å². The maximum atomic E-state index is 12.6. The number of amides is 1. The first-order chi connectivity index (χ1) is 11.5.